The number of piperidine rings is 1. The van der Waals surface area contributed by atoms with Gasteiger partial charge in [-0.3, -0.25) is 4.79 Å². The van der Waals surface area contributed by atoms with Crippen molar-refractivity contribution in [3.63, 3.8) is 0 Å². The number of carbonyl (C=O) groups is 1. The molecule has 1 aliphatic rings. The minimum Gasteiger partial charge on any atom is -0.452 e. The summed E-state index contributed by atoms with van der Waals surface area (Å²) in [5.74, 6) is -0.0737. The summed E-state index contributed by atoms with van der Waals surface area (Å²) >= 11 is 0. The zero-order valence-electron chi connectivity index (χ0n) is 12.6. The van der Waals surface area contributed by atoms with Crippen LogP contribution in [0.15, 0.2) is 60.7 Å². The number of nitrogens with one attached hydrogen (secondary N) is 1. The second-order valence-corrected chi connectivity index (χ2v) is 5.66. The molecule has 2 aromatic carbocycles. The molecule has 3 rings (SSSR count). The Kier molecular flexibility index (Phi) is 4.86. The fraction of sp³-hybridized carbons (Fsp3) is 0.316. The van der Waals surface area contributed by atoms with Gasteiger partial charge in [0.15, 0.2) is 6.10 Å². The highest BCUT2D eigenvalue weighted by Gasteiger charge is 2.26. The Bertz CT molecular complexity index is 552. The van der Waals surface area contributed by atoms with Gasteiger partial charge < -0.3 is 10.1 Å². The van der Waals surface area contributed by atoms with Crippen molar-refractivity contribution in [3.8, 4) is 0 Å². The zero-order valence-corrected chi connectivity index (χ0v) is 12.6. The summed E-state index contributed by atoms with van der Waals surface area (Å²) in [6.07, 6.45) is 1.38. The van der Waals surface area contributed by atoms with Gasteiger partial charge >= 0.3 is 5.97 Å². The van der Waals surface area contributed by atoms with Gasteiger partial charge in [0.25, 0.3) is 0 Å². The number of rotatable bonds is 4. The summed E-state index contributed by atoms with van der Waals surface area (Å²) < 4.78 is 5.90. The molecular formula is C19H21NO2. The van der Waals surface area contributed by atoms with E-state index in [2.05, 4.69) is 5.32 Å². The van der Waals surface area contributed by atoms with E-state index in [1.54, 1.807) is 0 Å². The summed E-state index contributed by atoms with van der Waals surface area (Å²) in [5.41, 5.74) is 2.02. The topological polar surface area (TPSA) is 38.3 Å². The molecule has 1 saturated heterocycles. The molecule has 1 fully saturated rings. The first-order chi connectivity index (χ1) is 10.8. The Morgan fingerprint density at radius 1 is 0.909 bits per heavy atom. The maximum atomic E-state index is 12.5. The largest absolute Gasteiger partial charge is 0.452 e. The highest BCUT2D eigenvalue weighted by molar-refractivity contribution is 5.73. The molecule has 2 aromatic rings. The quantitative estimate of drug-likeness (QED) is 0.879. The van der Waals surface area contributed by atoms with E-state index in [4.69, 9.17) is 4.74 Å². The molecule has 0 radical (unpaired) electrons. The van der Waals surface area contributed by atoms with Crippen LogP contribution in [-0.4, -0.2) is 19.1 Å². The van der Waals surface area contributed by atoms with Crippen LogP contribution in [0.4, 0.5) is 0 Å². The number of hydrogen-bond donors (Lipinski definition) is 1. The van der Waals surface area contributed by atoms with Crippen molar-refractivity contribution in [1.82, 2.24) is 5.32 Å². The molecular weight excluding hydrogens is 274 g/mol. The van der Waals surface area contributed by atoms with Gasteiger partial charge in [0.2, 0.25) is 0 Å². The number of esters is 1. The summed E-state index contributed by atoms with van der Waals surface area (Å²) in [6, 6.07) is 19.9. The van der Waals surface area contributed by atoms with E-state index in [-0.39, 0.29) is 18.0 Å². The average Bonchev–Trinajstić information content (AvgIpc) is 2.62. The predicted octanol–water partition coefficient (Wildman–Crippen LogP) is 3.32. The molecule has 22 heavy (non-hydrogen) atoms. The van der Waals surface area contributed by atoms with Crippen molar-refractivity contribution in [2.45, 2.75) is 18.9 Å². The second-order valence-electron chi connectivity index (χ2n) is 5.66. The normalized spacial score (nSPS) is 15.7. The molecule has 114 valence electrons. The van der Waals surface area contributed by atoms with Crippen molar-refractivity contribution in [2.75, 3.05) is 13.1 Å². The van der Waals surface area contributed by atoms with Crippen LogP contribution in [0.3, 0.4) is 0 Å². The van der Waals surface area contributed by atoms with E-state index >= 15 is 0 Å². The molecule has 3 heteroatoms. The van der Waals surface area contributed by atoms with E-state index in [1.165, 1.54) is 0 Å². The van der Waals surface area contributed by atoms with Crippen molar-refractivity contribution >= 4 is 5.97 Å². The van der Waals surface area contributed by atoms with Crippen LogP contribution in [0.2, 0.25) is 0 Å². The zero-order chi connectivity index (χ0) is 15.2. The third kappa shape index (κ3) is 3.55. The summed E-state index contributed by atoms with van der Waals surface area (Å²) in [6.45, 7) is 1.78. The number of hydrogen-bond acceptors (Lipinski definition) is 3. The number of ether oxygens (including phenoxy) is 1. The molecule has 0 aromatic heterocycles. The fourth-order valence-corrected chi connectivity index (χ4v) is 2.85. The fourth-order valence-electron chi connectivity index (χ4n) is 2.85. The van der Waals surface area contributed by atoms with Crippen LogP contribution >= 0.6 is 0 Å². The van der Waals surface area contributed by atoms with Gasteiger partial charge in [0, 0.05) is 0 Å². The van der Waals surface area contributed by atoms with E-state index < -0.39 is 0 Å². The van der Waals surface area contributed by atoms with Crippen molar-refractivity contribution in [3.05, 3.63) is 71.8 Å². The molecule has 0 saturated carbocycles. The Hall–Kier alpha value is -2.13. The lowest BCUT2D eigenvalue weighted by molar-refractivity contribution is -0.153. The first-order valence-corrected chi connectivity index (χ1v) is 7.85. The average molecular weight is 295 g/mol. The van der Waals surface area contributed by atoms with Crippen molar-refractivity contribution in [2.24, 2.45) is 5.92 Å². The maximum Gasteiger partial charge on any atom is 0.309 e. The lowest BCUT2D eigenvalue weighted by Crippen LogP contribution is -2.33. The molecule has 0 atom stereocenters. The molecule has 1 heterocycles. The lowest BCUT2D eigenvalue weighted by atomic mass is 9.97. The number of benzene rings is 2. The Morgan fingerprint density at radius 2 is 1.41 bits per heavy atom. The van der Waals surface area contributed by atoms with E-state index in [9.17, 15) is 4.79 Å². The molecule has 1 aliphatic heterocycles. The Morgan fingerprint density at radius 3 is 1.91 bits per heavy atom. The smallest absolute Gasteiger partial charge is 0.309 e. The maximum absolute atomic E-state index is 12.5. The molecule has 0 aliphatic carbocycles. The highest BCUT2D eigenvalue weighted by atomic mass is 16.5. The third-order valence-electron chi connectivity index (χ3n) is 4.11. The SMILES string of the molecule is O=C(OC(c1ccccc1)c1ccccc1)C1CCNCC1. The molecule has 0 unspecified atom stereocenters. The second kappa shape index (κ2) is 7.23. The summed E-state index contributed by atoms with van der Waals surface area (Å²) in [7, 11) is 0. The summed E-state index contributed by atoms with van der Waals surface area (Å²) in [5, 5.41) is 3.28. The van der Waals surface area contributed by atoms with Crippen LogP contribution in [0.1, 0.15) is 30.1 Å². The van der Waals surface area contributed by atoms with Crippen LogP contribution < -0.4 is 5.32 Å². The summed E-state index contributed by atoms with van der Waals surface area (Å²) in [4.78, 5) is 12.5. The first-order valence-electron chi connectivity index (χ1n) is 7.85. The van der Waals surface area contributed by atoms with Crippen LogP contribution in [0, 0.1) is 5.92 Å². The standard InChI is InChI=1S/C19H21NO2/c21-19(17-11-13-20-14-12-17)22-18(15-7-3-1-4-8-15)16-9-5-2-6-10-16/h1-10,17-18,20H,11-14H2. The van der Waals surface area contributed by atoms with Gasteiger partial charge in [-0.25, -0.2) is 0 Å². The predicted molar refractivity (Wildman–Crippen MR) is 86.4 cm³/mol. The molecule has 1 N–H and O–H groups in total. The van der Waals surface area contributed by atoms with Crippen LogP contribution in [0.25, 0.3) is 0 Å². The van der Waals surface area contributed by atoms with Gasteiger partial charge in [-0.2, -0.15) is 0 Å². The van der Waals surface area contributed by atoms with Gasteiger partial charge in [-0.15, -0.1) is 0 Å². The molecule has 0 amide bonds. The van der Waals surface area contributed by atoms with E-state index in [1.807, 2.05) is 60.7 Å². The van der Waals surface area contributed by atoms with Gasteiger partial charge in [0.05, 0.1) is 5.92 Å². The minimum atomic E-state index is -0.329. The van der Waals surface area contributed by atoms with Gasteiger partial charge in [-0.05, 0) is 37.1 Å². The van der Waals surface area contributed by atoms with Gasteiger partial charge in [-0.1, -0.05) is 60.7 Å². The Labute approximate surface area is 131 Å². The van der Waals surface area contributed by atoms with E-state index in [0.717, 1.165) is 37.1 Å². The molecule has 0 bridgehead atoms. The van der Waals surface area contributed by atoms with Gasteiger partial charge in [0.1, 0.15) is 0 Å². The van der Waals surface area contributed by atoms with E-state index in [0.29, 0.717) is 0 Å². The minimum absolute atomic E-state index is 0.0103. The monoisotopic (exact) mass is 295 g/mol. The lowest BCUT2D eigenvalue weighted by Gasteiger charge is -2.25. The Balaban J connectivity index is 1.81. The number of carbonyl (C=O) groups excluding carboxylic acids is 1. The van der Waals surface area contributed by atoms with Crippen molar-refractivity contribution < 1.29 is 9.53 Å². The first kappa shape index (κ1) is 14.8. The van der Waals surface area contributed by atoms with Crippen LogP contribution in [-0.2, 0) is 9.53 Å². The molecule has 3 nitrogen and oxygen atoms in total. The van der Waals surface area contributed by atoms with Crippen molar-refractivity contribution in [1.29, 1.82) is 0 Å². The third-order valence-corrected chi connectivity index (χ3v) is 4.11. The molecule has 0 spiro atoms. The van der Waals surface area contributed by atoms with Crippen LogP contribution in [0.5, 0.6) is 0 Å². The highest BCUT2D eigenvalue weighted by Crippen LogP contribution is 2.28.